The number of aryl methyl sites for hydroxylation is 1. The van der Waals surface area contributed by atoms with Crippen LogP contribution in [0.25, 0.3) is 0 Å². The van der Waals surface area contributed by atoms with Gasteiger partial charge in [-0.1, -0.05) is 6.07 Å². The highest BCUT2D eigenvalue weighted by molar-refractivity contribution is 5.55. The number of anilines is 1. The molecule has 1 saturated heterocycles. The van der Waals surface area contributed by atoms with Crippen LogP contribution in [-0.4, -0.2) is 23.6 Å². The van der Waals surface area contributed by atoms with E-state index in [1.54, 1.807) is 19.1 Å². The summed E-state index contributed by atoms with van der Waals surface area (Å²) < 4.78 is 0. The Morgan fingerprint density at radius 1 is 1.50 bits per heavy atom. The van der Waals surface area contributed by atoms with Gasteiger partial charge in [-0.3, -0.25) is 10.1 Å². The molecule has 98 valence electrons. The zero-order valence-electron chi connectivity index (χ0n) is 10.8. The summed E-state index contributed by atoms with van der Waals surface area (Å²) in [7, 11) is 0. The molecule has 1 aliphatic rings. The van der Waals surface area contributed by atoms with E-state index < -0.39 is 0 Å². The Kier molecular flexibility index (Phi) is 3.81. The Morgan fingerprint density at radius 3 is 2.94 bits per heavy atom. The lowest BCUT2D eigenvalue weighted by Gasteiger charge is -2.31. The van der Waals surface area contributed by atoms with Crippen LogP contribution in [0.5, 0.6) is 0 Å². The van der Waals surface area contributed by atoms with Gasteiger partial charge in [-0.15, -0.1) is 0 Å². The predicted molar refractivity (Wildman–Crippen MR) is 71.9 cm³/mol. The van der Waals surface area contributed by atoms with Crippen LogP contribution in [0.1, 0.15) is 25.3 Å². The van der Waals surface area contributed by atoms with Crippen molar-refractivity contribution in [2.24, 2.45) is 0 Å². The topological polar surface area (TPSA) is 67.2 Å². The molecule has 1 heterocycles. The lowest BCUT2D eigenvalue weighted by atomic mass is 9.99. The van der Waals surface area contributed by atoms with Gasteiger partial charge in [-0.05, 0) is 39.3 Å². The van der Waals surface area contributed by atoms with Crippen LogP contribution in [0.4, 0.5) is 11.4 Å². The van der Waals surface area contributed by atoms with Crippen molar-refractivity contribution in [2.75, 3.05) is 11.9 Å². The molecule has 0 amide bonds. The maximum atomic E-state index is 10.9. The van der Waals surface area contributed by atoms with Gasteiger partial charge < -0.3 is 10.6 Å². The highest BCUT2D eigenvalue weighted by atomic mass is 16.6. The Hall–Kier alpha value is -1.62. The summed E-state index contributed by atoms with van der Waals surface area (Å²) in [6, 6.07) is 6.04. The number of hydrogen-bond donors (Lipinski definition) is 2. The van der Waals surface area contributed by atoms with Gasteiger partial charge in [0.1, 0.15) is 0 Å². The van der Waals surface area contributed by atoms with Crippen molar-refractivity contribution in [1.29, 1.82) is 0 Å². The normalized spacial score (nSPS) is 23.7. The van der Waals surface area contributed by atoms with Gasteiger partial charge in [0, 0.05) is 29.4 Å². The SMILES string of the molecule is Cc1ccc(NC2CCCNC2C)cc1[N+](=O)[O-]. The molecule has 1 fully saturated rings. The molecule has 0 bridgehead atoms. The monoisotopic (exact) mass is 249 g/mol. The maximum absolute atomic E-state index is 10.9. The molecule has 2 N–H and O–H groups in total. The first kappa shape index (κ1) is 12.8. The van der Waals surface area contributed by atoms with E-state index >= 15 is 0 Å². The Balaban J connectivity index is 2.14. The third-order valence-corrected chi connectivity index (χ3v) is 3.52. The molecule has 2 atom stereocenters. The third kappa shape index (κ3) is 2.79. The molecule has 0 saturated carbocycles. The zero-order valence-corrected chi connectivity index (χ0v) is 10.8. The molecule has 0 aliphatic carbocycles. The molecule has 1 aromatic carbocycles. The largest absolute Gasteiger partial charge is 0.381 e. The summed E-state index contributed by atoms with van der Waals surface area (Å²) in [5.74, 6) is 0. The lowest BCUT2D eigenvalue weighted by Crippen LogP contribution is -2.46. The Labute approximate surface area is 107 Å². The van der Waals surface area contributed by atoms with Crippen molar-refractivity contribution in [3.63, 3.8) is 0 Å². The van der Waals surface area contributed by atoms with Gasteiger partial charge in [0.2, 0.25) is 0 Å². The summed E-state index contributed by atoms with van der Waals surface area (Å²) in [6.07, 6.45) is 2.23. The molecule has 1 aromatic rings. The minimum absolute atomic E-state index is 0.177. The number of piperidine rings is 1. The van der Waals surface area contributed by atoms with Crippen molar-refractivity contribution < 1.29 is 4.92 Å². The van der Waals surface area contributed by atoms with Crippen molar-refractivity contribution in [3.8, 4) is 0 Å². The average molecular weight is 249 g/mol. The second kappa shape index (κ2) is 5.35. The molecular weight excluding hydrogens is 230 g/mol. The smallest absolute Gasteiger partial charge is 0.274 e. The summed E-state index contributed by atoms with van der Waals surface area (Å²) in [5, 5.41) is 17.7. The van der Waals surface area contributed by atoms with E-state index in [9.17, 15) is 10.1 Å². The van der Waals surface area contributed by atoms with Crippen molar-refractivity contribution in [1.82, 2.24) is 5.32 Å². The van der Waals surface area contributed by atoms with Gasteiger partial charge in [-0.25, -0.2) is 0 Å². The van der Waals surface area contributed by atoms with Gasteiger partial charge >= 0.3 is 0 Å². The number of nitro benzene ring substituents is 1. The van der Waals surface area contributed by atoms with Crippen LogP contribution < -0.4 is 10.6 Å². The summed E-state index contributed by atoms with van der Waals surface area (Å²) in [6.45, 7) is 4.94. The molecule has 2 rings (SSSR count). The molecule has 2 unspecified atom stereocenters. The summed E-state index contributed by atoms with van der Waals surface area (Å²) >= 11 is 0. The van der Waals surface area contributed by atoms with Crippen molar-refractivity contribution in [3.05, 3.63) is 33.9 Å². The van der Waals surface area contributed by atoms with E-state index in [0.29, 0.717) is 17.6 Å². The fourth-order valence-electron chi connectivity index (χ4n) is 2.35. The second-order valence-corrected chi connectivity index (χ2v) is 4.89. The van der Waals surface area contributed by atoms with E-state index in [2.05, 4.69) is 17.6 Å². The van der Waals surface area contributed by atoms with Gasteiger partial charge in [-0.2, -0.15) is 0 Å². The predicted octanol–water partition coefficient (Wildman–Crippen LogP) is 2.46. The maximum Gasteiger partial charge on any atom is 0.274 e. The first-order chi connectivity index (χ1) is 8.58. The van der Waals surface area contributed by atoms with E-state index in [1.165, 1.54) is 0 Å². The van der Waals surface area contributed by atoms with Crippen molar-refractivity contribution in [2.45, 2.75) is 38.8 Å². The van der Waals surface area contributed by atoms with E-state index in [4.69, 9.17) is 0 Å². The quantitative estimate of drug-likeness (QED) is 0.638. The van der Waals surface area contributed by atoms with Crippen LogP contribution in [-0.2, 0) is 0 Å². The fraction of sp³-hybridized carbons (Fsp3) is 0.538. The van der Waals surface area contributed by atoms with Crippen LogP contribution >= 0.6 is 0 Å². The zero-order chi connectivity index (χ0) is 13.1. The summed E-state index contributed by atoms with van der Waals surface area (Å²) in [4.78, 5) is 10.6. The number of hydrogen-bond acceptors (Lipinski definition) is 4. The molecule has 0 radical (unpaired) electrons. The van der Waals surface area contributed by atoms with E-state index in [1.807, 2.05) is 6.07 Å². The molecular formula is C13H19N3O2. The number of nitrogens with one attached hydrogen (secondary N) is 2. The highest BCUT2D eigenvalue weighted by Crippen LogP contribution is 2.24. The van der Waals surface area contributed by atoms with Gasteiger partial charge in [0.15, 0.2) is 0 Å². The molecule has 5 heteroatoms. The first-order valence-electron chi connectivity index (χ1n) is 6.33. The number of rotatable bonds is 3. The standard InChI is InChI=1S/C13H19N3O2/c1-9-5-6-11(8-13(9)16(17)18)15-12-4-3-7-14-10(12)2/h5-6,8,10,12,14-15H,3-4,7H2,1-2H3. The lowest BCUT2D eigenvalue weighted by molar-refractivity contribution is -0.385. The number of nitrogens with zero attached hydrogens (tertiary/aromatic N) is 1. The molecule has 1 aliphatic heterocycles. The third-order valence-electron chi connectivity index (χ3n) is 3.52. The van der Waals surface area contributed by atoms with Crippen LogP contribution in [0.15, 0.2) is 18.2 Å². The minimum atomic E-state index is -0.330. The highest BCUT2D eigenvalue weighted by Gasteiger charge is 2.21. The fourth-order valence-corrected chi connectivity index (χ4v) is 2.35. The first-order valence-corrected chi connectivity index (χ1v) is 6.33. The number of nitro groups is 1. The minimum Gasteiger partial charge on any atom is -0.381 e. The number of benzene rings is 1. The Morgan fingerprint density at radius 2 is 2.28 bits per heavy atom. The van der Waals surface area contributed by atoms with Crippen LogP contribution in [0, 0.1) is 17.0 Å². The van der Waals surface area contributed by atoms with Crippen LogP contribution in [0.2, 0.25) is 0 Å². The molecule has 0 spiro atoms. The van der Waals surface area contributed by atoms with Crippen LogP contribution in [0.3, 0.4) is 0 Å². The second-order valence-electron chi connectivity index (χ2n) is 4.89. The average Bonchev–Trinajstić information content (AvgIpc) is 2.34. The van der Waals surface area contributed by atoms with E-state index in [0.717, 1.165) is 25.1 Å². The van der Waals surface area contributed by atoms with Gasteiger partial charge in [0.25, 0.3) is 5.69 Å². The van der Waals surface area contributed by atoms with E-state index in [-0.39, 0.29) is 10.6 Å². The van der Waals surface area contributed by atoms with Crippen molar-refractivity contribution >= 4 is 11.4 Å². The molecule has 18 heavy (non-hydrogen) atoms. The molecule has 0 aromatic heterocycles. The summed E-state index contributed by atoms with van der Waals surface area (Å²) in [5.41, 5.74) is 1.70. The Bertz CT molecular complexity index is 448. The van der Waals surface area contributed by atoms with Gasteiger partial charge in [0.05, 0.1) is 4.92 Å². The molecule has 5 nitrogen and oxygen atoms in total.